The number of hydrogen-bond acceptors (Lipinski definition) is 4. The van der Waals surface area contributed by atoms with Crippen LogP contribution in [0.2, 0.25) is 5.02 Å². The van der Waals surface area contributed by atoms with Crippen LogP contribution in [0, 0.1) is 5.41 Å². The first kappa shape index (κ1) is 33.6. The number of amides is 3. The summed E-state index contributed by atoms with van der Waals surface area (Å²) >= 11 is 6.08. The van der Waals surface area contributed by atoms with Gasteiger partial charge in [0.25, 0.3) is 18.2 Å². The van der Waals surface area contributed by atoms with Crippen molar-refractivity contribution >= 4 is 35.0 Å². The van der Waals surface area contributed by atoms with E-state index in [1.807, 2.05) is 5.32 Å². The van der Waals surface area contributed by atoms with E-state index in [2.05, 4.69) is 10.6 Å². The number of hydrogen-bond donors (Lipinski definition) is 3. The number of carbonyl (C=O) groups is 3. The summed E-state index contributed by atoms with van der Waals surface area (Å²) in [5.41, 5.74) is -3.18. The van der Waals surface area contributed by atoms with Gasteiger partial charge in [0.1, 0.15) is 17.8 Å². The average molecular weight is 618 g/mol. The molecule has 0 radical (unpaired) electrons. The van der Waals surface area contributed by atoms with Crippen LogP contribution in [0.3, 0.4) is 0 Å². The van der Waals surface area contributed by atoms with E-state index in [9.17, 15) is 49.5 Å². The van der Waals surface area contributed by atoms with E-state index >= 15 is 0 Å². The molecule has 0 aromatic heterocycles. The van der Waals surface area contributed by atoms with Gasteiger partial charge >= 0.3 is 12.4 Å². The summed E-state index contributed by atoms with van der Waals surface area (Å²) in [4.78, 5) is 37.4. The molecule has 2 aromatic rings. The van der Waals surface area contributed by atoms with Gasteiger partial charge in [0.05, 0.1) is 22.6 Å². The van der Waals surface area contributed by atoms with Gasteiger partial charge in [-0.2, -0.15) is 26.3 Å². The molecule has 0 unspecified atom stereocenters. The summed E-state index contributed by atoms with van der Waals surface area (Å²) in [7, 11) is 0. The summed E-state index contributed by atoms with van der Waals surface area (Å²) in [5, 5.41) is 6.42. The van der Waals surface area contributed by atoms with Crippen LogP contribution in [0.25, 0.3) is 0 Å². The van der Waals surface area contributed by atoms with Crippen LogP contribution in [0.4, 0.5) is 40.8 Å². The fraction of sp³-hybridized carbons (Fsp3) is 0.400. The topological polar surface area (TPSA) is 96.5 Å². The Bertz CT molecular complexity index is 1270. The molecule has 2 rings (SSSR count). The van der Waals surface area contributed by atoms with Crippen molar-refractivity contribution in [2.45, 2.75) is 45.6 Å². The van der Waals surface area contributed by atoms with E-state index in [0.29, 0.717) is 13.8 Å². The minimum absolute atomic E-state index is 0.0878. The smallest absolute Gasteiger partial charge is 0.402 e. The number of carbonyl (C=O) groups excluding carboxylic acids is 3. The van der Waals surface area contributed by atoms with Gasteiger partial charge in [0.2, 0.25) is 5.91 Å². The second-order valence-corrected chi connectivity index (χ2v) is 9.52. The van der Waals surface area contributed by atoms with Crippen LogP contribution in [0.1, 0.15) is 46.5 Å². The van der Waals surface area contributed by atoms with Gasteiger partial charge in [-0.3, -0.25) is 14.4 Å². The molecule has 0 fully saturated rings. The first-order chi connectivity index (χ1) is 18.8. The molecule has 0 aliphatic rings. The molecule has 16 heteroatoms. The van der Waals surface area contributed by atoms with E-state index < -0.39 is 67.1 Å². The van der Waals surface area contributed by atoms with Crippen molar-refractivity contribution in [2.24, 2.45) is 5.41 Å². The molecule has 0 spiro atoms. The standard InChI is InChI=1S/C25H24ClF8N3O4/c1-23(2,25(32,33)34)22(40)36-11-13-3-5-17(26)15(9-13)21(39)37-14-4-6-18(41-12-19(27)28)16(10-14)20(38)35-8-7-24(29,30)31/h3-6,9-10,19H,7-8,11-12H2,1-2H3,(H,35,38)(H,36,40)(H,37,39). The zero-order valence-corrected chi connectivity index (χ0v) is 22.2. The van der Waals surface area contributed by atoms with Crippen LogP contribution >= 0.6 is 11.6 Å². The summed E-state index contributed by atoms with van der Waals surface area (Å²) < 4.78 is 107. The zero-order chi connectivity index (χ0) is 31.2. The number of nitrogens with one attached hydrogen (secondary N) is 3. The minimum Gasteiger partial charge on any atom is -0.487 e. The third-order valence-corrected chi connectivity index (χ3v) is 5.88. The van der Waals surface area contributed by atoms with Gasteiger partial charge in [0.15, 0.2) is 0 Å². The lowest BCUT2D eigenvalue weighted by Crippen LogP contribution is -2.46. The molecule has 3 amide bonds. The Morgan fingerprint density at radius 3 is 2.15 bits per heavy atom. The molecule has 7 nitrogen and oxygen atoms in total. The fourth-order valence-corrected chi connectivity index (χ4v) is 3.27. The van der Waals surface area contributed by atoms with Crippen molar-refractivity contribution in [2.75, 3.05) is 18.5 Å². The highest BCUT2D eigenvalue weighted by molar-refractivity contribution is 6.34. The van der Waals surface area contributed by atoms with Gasteiger partial charge in [-0.25, -0.2) is 8.78 Å². The molecule has 226 valence electrons. The van der Waals surface area contributed by atoms with E-state index in [-0.39, 0.29) is 34.1 Å². The maximum atomic E-state index is 13.1. The SMILES string of the molecule is CC(C)(C(=O)NCc1ccc(Cl)c(C(=O)Nc2ccc(OCC(F)F)c(C(=O)NCCC(F)(F)F)c2)c1)C(F)(F)F. The van der Waals surface area contributed by atoms with Crippen LogP contribution in [0.15, 0.2) is 36.4 Å². The van der Waals surface area contributed by atoms with Crippen molar-refractivity contribution < 1.29 is 54.2 Å². The molecular formula is C25H24ClF8N3O4. The molecule has 0 atom stereocenters. The largest absolute Gasteiger partial charge is 0.487 e. The van der Waals surface area contributed by atoms with Crippen molar-refractivity contribution in [3.05, 3.63) is 58.1 Å². The monoisotopic (exact) mass is 617 g/mol. The number of halogens is 9. The Balaban J connectivity index is 2.23. The number of benzene rings is 2. The highest BCUT2D eigenvalue weighted by Crippen LogP contribution is 2.37. The number of anilines is 1. The molecular weight excluding hydrogens is 594 g/mol. The molecule has 0 aliphatic carbocycles. The lowest BCUT2D eigenvalue weighted by Gasteiger charge is -2.26. The van der Waals surface area contributed by atoms with Gasteiger partial charge in [-0.1, -0.05) is 17.7 Å². The quantitative estimate of drug-likeness (QED) is 0.265. The van der Waals surface area contributed by atoms with Crippen molar-refractivity contribution in [1.82, 2.24) is 10.6 Å². The predicted molar refractivity (Wildman–Crippen MR) is 132 cm³/mol. The van der Waals surface area contributed by atoms with Crippen molar-refractivity contribution in [1.29, 1.82) is 0 Å². The van der Waals surface area contributed by atoms with E-state index in [4.69, 9.17) is 16.3 Å². The Labute approximate surface area is 233 Å². The third kappa shape index (κ3) is 9.76. The summed E-state index contributed by atoms with van der Waals surface area (Å²) in [6.45, 7) is -0.899. The Kier molecular flexibility index (Phi) is 10.9. The minimum atomic E-state index is -4.81. The van der Waals surface area contributed by atoms with Crippen LogP contribution in [-0.4, -0.2) is 49.7 Å². The average Bonchev–Trinajstić information content (AvgIpc) is 2.85. The predicted octanol–water partition coefficient (Wildman–Crippen LogP) is 6.12. The molecule has 0 bridgehead atoms. The number of rotatable bonds is 11. The van der Waals surface area contributed by atoms with E-state index in [0.717, 1.165) is 12.1 Å². The molecule has 0 aliphatic heterocycles. The second kappa shape index (κ2) is 13.4. The normalized spacial score (nSPS) is 12.2. The van der Waals surface area contributed by atoms with Gasteiger partial charge in [0, 0.05) is 18.8 Å². The highest BCUT2D eigenvalue weighted by Gasteiger charge is 2.52. The molecule has 41 heavy (non-hydrogen) atoms. The number of ether oxygens (including phenoxy) is 1. The maximum absolute atomic E-state index is 13.1. The van der Waals surface area contributed by atoms with Crippen LogP contribution < -0.4 is 20.7 Å². The molecule has 2 aromatic carbocycles. The Morgan fingerprint density at radius 2 is 1.56 bits per heavy atom. The molecule has 3 N–H and O–H groups in total. The molecule has 0 saturated carbocycles. The Hall–Kier alpha value is -3.62. The van der Waals surface area contributed by atoms with Crippen molar-refractivity contribution in [3.63, 3.8) is 0 Å². The van der Waals surface area contributed by atoms with Crippen molar-refractivity contribution in [3.8, 4) is 5.75 Å². The van der Waals surface area contributed by atoms with Gasteiger partial charge in [-0.15, -0.1) is 0 Å². The first-order valence-electron chi connectivity index (χ1n) is 11.7. The second-order valence-electron chi connectivity index (χ2n) is 9.11. The third-order valence-electron chi connectivity index (χ3n) is 5.55. The van der Waals surface area contributed by atoms with E-state index in [1.54, 1.807) is 0 Å². The van der Waals surface area contributed by atoms with Crippen LogP contribution in [0.5, 0.6) is 5.75 Å². The van der Waals surface area contributed by atoms with Gasteiger partial charge < -0.3 is 20.7 Å². The number of alkyl halides is 8. The van der Waals surface area contributed by atoms with E-state index in [1.165, 1.54) is 24.3 Å². The molecule has 0 heterocycles. The highest BCUT2D eigenvalue weighted by atomic mass is 35.5. The van der Waals surface area contributed by atoms with Gasteiger partial charge in [-0.05, 0) is 49.7 Å². The summed E-state index contributed by atoms with van der Waals surface area (Å²) in [6.07, 6.45) is -13.7. The molecule has 0 saturated heterocycles. The zero-order valence-electron chi connectivity index (χ0n) is 21.4. The summed E-state index contributed by atoms with van der Waals surface area (Å²) in [6, 6.07) is 7.02. The summed E-state index contributed by atoms with van der Waals surface area (Å²) in [5.74, 6) is -3.65. The lowest BCUT2D eigenvalue weighted by atomic mass is 9.91. The lowest BCUT2D eigenvalue weighted by molar-refractivity contribution is -0.211. The van der Waals surface area contributed by atoms with Crippen LogP contribution in [-0.2, 0) is 11.3 Å². The Morgan fingerprint density at radius 1 is 0.902 bits per heavy atom. The fourth-order valence-electron chi connectivity index (χ4n) is 3.06. The first-order valence-corrected chi connectivity index (χ1v) is 12.0. The maximum Gasteiger partial charge on any atom is 0.402 e.